The third-order valence-corrected chi connectivity index (χ3v) is 2.99. The number of carbonyl (C=O) groups is 2. The minimum absolute atomic E-state index is 0.0742. The molecule has 0 saturated carbocycles. The number of aromatic nitrogens is 2. The van der Waals surface area contributed by atoms with Crippen LogP contribution in [0.3, 0.4) is 0 Å². The smallest absolute Gasteiger partial charge is 0.359 e. The Bertz CT molecular complexity index is 696. The molecule has 0 saturated heterocycles. The van der Waals surface area contributed by atoms with Gasteiger partial charge in [0.2, 0.25) is 0 Å². The van der Waals surface area contributed by atoms with E-state index in [2.05, 4.69) is 15.3 Å². The standard InChI is InChI=1S/C16H17N3O3/c1-10-4-5-11(2)13(6-10)19-15(20)9-22-16(21)14-8-17-12(3)7-18-14/h4-8H,9H2,1-3H3,(H,19,20). The van der Waals surface area contributed by atoms with E-state index in [4.69, 9.17) is 4.74 Å². The molecule has 114 valence electrons. The van der Waals surface area contributed by atoms with E-state index in [9.17, 15) is 9.59 Å². The number of amides is 1. The molecule has 2 aromatic rings. The number of carbonyl (C=O) groups excluding carboxylic acids is 2. The van der Waals surface area contributed by atoms with Gasteiger partial charge in [0.15, 0.2) is 12.3 Å². The lowest BCUT2D eigenvalue weighted by molar-refractivity contribution is -0.119. The molecule has 1 aromatic heterocycles. The summed E-state index contributed by atoms with van der Waals surface area (Å²) in [7, 11) is 0. The summed E-state index contributed by atoms with van der Waals surface area (Å²) in [6.07, 6.45) is 2.78. The molecule has 0 bridgehead atoms. The summed E-state index contributed by atoms with van der Waals surface area (Å²) in [5.74, 6) is -1.08. The molecule has 22 heavy (non-hydrogen) atoms. The number of hydrogen-bond donors (Lipinski definition) is 1. The molecule has 2 rings (SSSR count). The first-order valence-electron chi connectivity index (χ1n) is 6.78. The van der Waals surface area contributed by atoms with E-state index >= 15 is 0 Å². The van der Waals surface area contributed by atoms with Crippen molar-refractivity contribution in [2.45, 2.75) is 20.8 Å². The van der Waals surface area contributed by atoms with Gasteiger partial charge in [-0.25, -0.2) is 9.78 Å². The molecule has 6 heteroatoms. The van der Waals surface area contributed by atoms with Gasteiger partial charge in [0.05, 0.1) is 11.9 Å². The number of ether oxygens (including phenoxy) is 1. The second-order valence-corrected chi connectivity index (χ2v) is 4.99. The number of nitrogens with zero attached hydrogens (tertiary/aromatic N) is 2. The highest BCUT2D eigenvalue weighted by molar-refractivity contribution is 5.95. The van der Waals surface area contributed by atoms with E-state index in [0.29, 0.717) is 11.4 Å². The summed E-state index contributed by atoms with van der Waals surface area (Å²) < 4.78 is 4.92. The van der Waals surface area contributed by atoms with Crippen molar-refractivity contribution in [3.63, 3.8) is 0 Å². The minimum Gasteiger partial charge on any atom is -0.451 e. The van der Waals surface area contributed by atoms with Crippen LogP contribution < -0.4 is 5.32 Å². The lowest BCUT2D eigenvalue weighted by Crippen LogP contribution is -2.21. The lowest BCUT2D eigenvalue weighted by atomic mass is 10.1. The fraction of sp³-hybridized carbons (Fsp3) is 0.250. The predicted molar refractivity (Wildman–Crippen MR) is 81.6 cm³/mol. The van der Waals surface area contributed by atoms with Crippen molar-refractivity contribution < 1.29 is 14.3 Å². The third-order valence-electron chi connectivity index (χ3n) is 2.99. The fourth-order valence-corrected chi connectivity index (χ4v) is 1.76. The zero-order chi connectivity index (χ0) is 16.1. The number of benzene rings is 1. The molecule has 0 radical (unpaired) electrons. The number of rotatable bonds is 4. The van der Waals surface area contributed by atoms with Gasteiger partial charge in [0, 0.05) is 11.9 Å². The zero-order valence-electron chi connectivity index (χ0n) is 12.7. The lowest BCUT2D eigenvalue weighted by Gasteiger charge is -2.09. The van der Waals surface area contributed by atoms with Gasteiger partial charge in [-0.15, -0.1) is 0 Å². The number of esters is 1. The van der Waals surface area contributed by atoms with Gasteiger partial charge < -0.3 is 10.1 Å². The highest BCUT2D eigenvalue weighted by Crippen LogP contribution is 2.16. The minimum atomic E-state index is -0.677. The first kappa shape index (κ1) is 15.6. The fourth-order valence-electron chi connectivity index (χ4n) is 1.76. The van der Waals surface area contributed by atoms with Crippen molar-refractivity contribution in [3.8, 4) is 0 Å². The summed E-state index contributed by atoms with van der Waals surface area (Å²) in [6.45, 7) is 5.22. The molecular weight excluding hydrogens is 282 g/mol. The van der Waals surface area contributed by atoms with Gasteiger partial charge in [-0.2, -0.15) is 0 Å². The van der Waals surface area contributed by atoms with Gasteiger partial charge >= 0.3 is 5.97 Å². The average molecular weight is 299 g/mol. The molecule has 0 aliphatic rings. The zero-order valence-corrected chi connectivity index (χ0v) is 12.7. The molecule has 0 aliphatic heterocycles. The molecule has 0 spiro atoms. The van der Waals surface area contributed by atoms with Crippen LogP contribution in [0.5, 0.6) is 0 Å². The molecule has 0 unspecified atom stereocenters. The Morgan fingerprint density at radius 1 is 1.14 bits per heavy atom. The van der Waals surface area contributed by atoms with Crippen LogP contribution in [0.15, 0.2) is 30.6 Å². The Hall–Kier alpha value is -2.76. The Balaban J connectivity index is 1.91. The molecule has 1 aromatic carbocycles. The Morgan fingerprint density at radius 2 is 1.91 bits per heavy atom. The van der Waals surface area contributed by atoms with Crippen LogP contribution in [0, 0.1) is 20.8 Å². The van der Waals surface area contributed by atoms with Crippen LogP contribution in [-0.4, -0.2) is 28.5 Å². The molecule has 0 atom stereocenters. The first-order chi connectivity index (χ1) is 10.5. The first-order valence-corrected chi connectivity index (χ1v) is 6.78. The Kier molecular flexibility index (Phi) is 4.83. The van der Waals surface area contributed by atoms with Crippen molar-refractivity contribution in [1.29, 1.82) is 0 Å². The maximum Gasteiger partial charge on any atom is 0.359 e. The molecule has 0 aliphatic carbocycles. The van der Waals surface area contributed by atoms with Crippen LogP contribution in [0.25, 0.3) is 0 Å². The summed E-state index contributed by atoms with van der Waals surface area (Å²) >= 11 is 0. The summed E-state index contributed by atoms with van der Waals surface area (Å²) in [6, 6.07) is 5.74. The molecule has 6 nitrogen and oxygen atoms in total. The highest BCUT2D eigenvalue weighted by atomic mass is 16.5. The summed E-state index contributed by atoms with van der Waals surface area (Å²) in [4.78, 5) is 31.4. The second kappa shape index (κ2) is 6.80. The molecule has 0 fully saturated rings. The van der Waals surface area contributed by atoms with Gasteiger partial charge in [-0.05, 0) is 38.0 Å². The number of aryl methyl sites for hydroxylation is 3. The summed E-state index contributed by atoms with van der Waals surface area (Å²) in [5, 5.41) is 2.71. The number of nitrogens with one attached hydrogen (secondary N) is 1. The van der Waals surface area contributed by atoms with Crippen LogP contribution in [0.1, 0.15) is 27.3 Å². The van der Waals surface area contributed by atoms with E-state index < -0.39 is 11.9 Å². The van der Waals surface area contributed by atoms with Crippen LogP contribution >= 0.6 is 0 Å². The SMILES string of the molecule is Cc1ccc(C)c(NC(=O)COC(=O)c2cnc(C)cn2)c1. The predicted octanol–water partition coefficient (Wildman–Crippen LogP) is 2.20. The van der Waals surface area contributed by atoms with Gasteiger partial charge in [0.25, 0.3) is 5.91 Å². The van der Waals surface area contributed by atoms with E-state index in [1.54, 1.807) is 6.92 Å². The Morgan fingerprint density at radius 3 is 2.59 bits per heavy atom. The maximum atomic E-state index is 11.8. The van der Waals surface area contributed by atoms with E-state index in [1.165, 1.54) is 12.4 Å². The van der Waals surface area contributed by atoms with Crippen LogP contribution in [0.4, 0.5) is 5.69 Å². The highest BCUT2D eigenvalue weighted by Gasteiger charge is 2.12. The van der Waals surface area contributed by atoms with Crippen molar-refractivity contribution >= 4 is 17.6 Å². The van der Waals surface area contributed by atoms with E-state index in [0.717, 1.165) is 11.1 Å². The average Bonchev–Trinajstić information content (AvgIpc) is 2.49. The quantitative estimate of drug-likeness (QED) is 0.875. The van der Waals surface area contributed by atoms with Gasteiger partial charge in [-0.3, -0.25) is 9.78 Å². The Labute approximate surface area is 128 Å². The van der Waals surface area contributed by atoms with Gasteiger partial charge in [0.1, 0.15) is 0 Å². The normalized spacial score (nSPS) is 10.1. The third kappa shape index (κ3) is 4.12. The van der Waals surface area contributed by atoms with E-state index in [-0.39, 0.29) is 12.3 Å². The maximum absolute atomic E-state index is 11.8. The topological polar surface area (TPSA) is 81.2 Å². The van der Waals surface area contributed by atoms with Gasteiger partial charge in [-0.1, -0.05) is 12.1 Å². The van der Waals surface area contributed by atoms with Crippen molar-refractivity contribution in [3.05, 3.63) is 53.1 Å². The number of anilines is 1. The van der Waals surface area contributed by atoms with Crippen molar-refractivity contribution in [2.75, 3.05) is 11.9 Å². The summed E-state index contributed by atoms with van der Waals surface area (Å²) in [5.41, 5.74) is 3.45. The molecular formula is C16H17N3O3. The van der Waals surface area contributed by atoms with E-state index in [1.807, 2.05) is 32.0 Å². The molecule has 1 heterocycles. The van der Waals surface area contributed by atoms with Crippen LogP contribution in [0.2, 0.25) is 0 Å². The molecule has 1 amide bonds. The monoisotopic (exact) mass is 299 g/mol. The largest absolute Gasteiger partial charge is 0.451 e. The van der Waals surface area contributed by atoms with Crippen molar-refractivity contribution in [1.82, 2.24) is 9.97 Å². The second-order valence-electron chi connectivity index (χ2n) is 4.99. The number of hydrogen-bond acceptors (Lipinski definition) is 5. The van der Waals surface area contributed by atoms with Crippen LogP contribution in [-0.2, 0) is 9.53 Å². The molecule has 1 N–H and O–H groups in total. The van der Waals surface area contributed by atoms with Crippen molar-refractivity contribution in [2.24, 2.45) is 0 Å².